The Morgan fingerprint density at radius 1 is 1.15 bits per heavy atom. The predicted molar refractivity (Wildman–Crippen MR) is 179 cm³/mol. The van der Waals surface area contributed by atoms with Crippen molar-refractivity contribution in [2.75, 3.05) is 21.7 Å². The van der Waals surface area contributed by atoms with Gasteiger partial charge in [-0.15, -0.1) is 11.8 Å². The molecule has 3 atom stereocenters. The maximum Gasteiger partial charge on any atom is 0.352 e. The van der Waals surface area contributed by atoms with E-state index in [-0.39, 0.29) is 46.2 Å². The first-order valence-electron chi connectivity index (χ1n) is 15.0. The number of phenols is 1. The number of carbonyl (C=O) groups excluding carboxylic acids is 3. The van der Waals surface area contributed by atoms with Crippen LogP contribution in [0.4, 0.5) is 16.4 Å². The second-order valence-electron chi connectivity index (χ2n) is 11.3. The summed E-state index contributed by atoms with van der Waals surface area (Å²) in [4.78, 5) is 79.0. The Balaban J connectivity index is 1.25. The van der Waals surface area contributed by atoms with Crippen molar-refractivity contribution in [1.29, 1.82) is 0 Å². The molecule has 4 amide bonds. The number of nitrogens with one attached hydrogen (secondary N) is 3. The number of benzene rings is 1. The van der Waals surface area contributed by atoms with Gasteiger partial charge in [0.2, 0.25) is 11.9 Å². The lowest BCUT2D eigenvalue weighted by Crippen LogP contribution is -2.71. The van der Waals surface area contributed by atoms with Gasteiger partial charge < -0.3 is 26.6 Å². The lowest BCUT2D eigenvalue weighted by molar-refractivity contribution is -0.150. The number of nitrogens with two attached hydrogens (primary N) is 1. The molecule has 4 heterocycles. The number of thioether (sulfide) groups is 2. The number of fused-ring (bicyclic) bond motifs is 1. The quantitative estimate of drug-likeness (QED) is 0.124. The van der Waals surface area contributed by atoms with Crippen molar-refractivity contribution in [1.82, 2.24) is 29.5 Å². The Morgan fingerprint density at radius 2 is 1.90 bits per heavy atom. The van der Waals surface area contributed by atoms with Crippen LogP contribution < -0.4 is 26.8 Å². The Labute approximate surface area is 285 Å². The van der Waals surface area contributed by atoms with E-state index in [9.17, 15) is 34.2 Å². The van der Waals surface area contributed by atoms with E-state index in [1.54, 1.807) is 0 Å². The number of urea groups is 1. The number of β-lactam (4-membered cyclic amide) rings is 1. The van der Waals surface area contributed by atoms with Gasteiger partial charge in [-0.3, -0.25) is 29.2 Å². The first kappa shape index (κ1) is 33.3. The number of rotatable bonds is 11. The highest BCUT2D eigenvalue weighted by Crippen LogP contribution is 2.42. The minimum atomic E-state index is -1.56. The Bertz CT molecular complexity index is 1800. The summed E-state index contributed by atoms with van der Waals surface area (Å²) in [6.45, 7) is 0. The molecule has 19 heteroatoms. The third-order valence-electron chi connectivity index (χ3n) is 8.20. The second kappa shape index (κ2) is 14.2. The molecule has 1 saturated carbocycles. The third-order valence-corrected chi connectivity index (χ3v) is 11.4. The van der Waals surface area contributed by atoms with Gasteiger partial charge in [0.25, 0.3) is 11.5 Å². The average molecular weight is 714 g/mol. The molecule has 3 aliphatic rings. The number of H-pyrrole nitrogens is 1. The van der Waals surface area contributed by atoms with Crippen LogP contribution in [-0.2, 0) is 14.4 Å². The van der Waals surface area contributed by atoms with Gasteiger partial charge in [0, 0.05) is 17.5 Å². The zero-order valence-corrected chi connectivity index (χ0v) is 27.6. The van der Waals surface area contributed by atoms with E-state index >= 15 is 0 Å². The summed E-state index contributed by atoms with van der Waals surface area (Å²) >= 11 is 3.77. The van der Waals surface area contributed by atoms with Crippen molar-refractivity contribution < 1.29 is 29.4 Å². The van der Waals surface area contributed by atoms with E-state index in [1.807, 2.05) is 0 Å². The number of carboxylic acid groups (broad SMARTS) is 1. The number of aromatic nitrogens is 4. The summed E-state index contributed by atoms with van der Waals surface area (Å²) in [5.41, 5.74) is 5.27. The van der Waals surface area contributed by atoms with E-state index in [1.165, 1.54) is 65.6 Å². The van der Waals surface area contributed by atoms with Crippen LogP contribution in [0.2, 0.25) is 0 Å². The van der Waals surface area contributed by atoms with Crippen molar-refractivity contribution in [3.05, 3.63) is 64.0 Å². The average Bonchev–Trinajstić information content (AvgIpc) is 3.60. The molecule has 1 saturated heterocycles. The van der Waals surface area contributed by atoms with Crippen LogP contribution in [0.3, 0.4) is 0 Å². The summed E-state index contributed by atoms with van der Waals surface area (Å²) in [5.74, 6) is -2.12. The highest BCUT2D eigenvalue weighted by atomic mass is 32.2. The number of nitrogens with zero attached hydrogens (tertiary/aromatic N) is 5. The maximum absolute atomic E-state index is 14.0. The Morgan fingerprint density at radius 3 is 2.54 bits per heavy atom. The van der Waals surface area contributed by atoms with E-state index in [2.05, 4.69) is 30.0 Å². The first-order valence-corrected chi connectivity index (χ1v) is 17.8. The van der Waals surface area contributed by atoms with Gasteiger partial charge in [-0.05, 0) is 47.6 Å². The Kier molecular flexibility index (Phi) is 9.88. The number of carboxylic acids is 1. The highest BCUT2D eigenvalue weighted by molar-refractivity contribution is 8.01. The number of primary amides is 1. The molecule has 0 bridgehead atoms. The van der Waals surface area contributed by atoms with Crippen molar-refractivity contribution in [2.45, 2.75) is 59.9 Å². The molecule has 252 valence electrons. The van der Waals surface area contributed by atoms with Crippen molar-refractivity contribution in [3.63, 3.8) is 0 Å². The molecule has 6 rings (SSSR count). The summed E-state index contributed by atoms with van der Waals surface area (Å²) in [5, 5.41) is 25.0. The number of aromatic hydroxyl groups is 1. The van der Waals surface area contributed by atoms with Crippen molar-refractivity contribution in [2.24, 2.45) is 5.73 Å². The molecule has 16 nitrogen and oxygen atoms in total. The standard InChI is InChI=1S/C29H31N9O7S3/c30-27(45)37(18-10-31-28(36-22(18)40)34-16-4-2-1-3-5-16)20(14-6-8-17(39)9-7-14)23(41)35-19-24(42)38-21(26(43)44)15(11-46-25(19)38)12-47-29-32-13-33-48-29/h6-10,13,16,19-20,25,39H,1-5,11-12H2,(H2,30,45)(H,35,41)(H,43,44)(H2,31,34,36,40)/t19?,20?,25-/m1/s1. The number of aromatic amines is 1. The smallest absolute Gasteiger partial charge is 0.352 e. The normalized spacial score (nSPS) is 20.0. The summed E-state index contributed by atoms with van der Waals surface area (Å²) in [7, 11) is 0. The molecule has 7 N–H and O–H groups in total. The van der Waals surface area contributed by atoms with E-state index in [0.29, 0.717) is 9.91 Å². The Hall–Kier alpha value is -4.62. The molecule has 48 heavy (non-hydrogen) atoms. The lowest BCUT2D eigenvalue weighted by Gasteiger charge is -2.49. The highest BCUT2D eigenvalue weighted by Gasteiger charge is 2.55. The van der Waals surface area contributed by atoms with Crippen LogP contribution in [0.1, 0.15) is 43.7 Å². The van der Waals surface area contributed by atoms with Gasteiger partial charge in [0.1, 0.15) is 40.9 Å². The van der Waals surface area contributed by atoms with E-state index in [0.717, 1.165) is 48.1 Å². The number of anilines is 2. The minimum absolute atomic E-state index is 0.113. The number of carbonyl (C=O) groups is 4. The van der Waals surface area contributed by atoms with Crippen LogP contribution in [0, 0.1) is 0 Å². The summed E-state index contributed by atoms with van der Waals surface area (Å²) in [6, 6.07) is 1.65. The summed E-state index contributed by atoms with van der Waals surface area (Å²) in [6.07, 6.45) is 7.65. The van der Waals surface area contributed by atoms with Crippen molar-refractivity contribution in [3.8, 4) is 5.75 Å². The van der Waals surface area contributed by atoms with Gasteiger partial charge >= 0.3 is 12.0 Å². The zero-order valence-electron chi connectivity index (χ0n) is 25.2. The lowest BCUT2D eigenvalue weighted by atomic mass is 9.96. The molecule has 0 radical (unpaired) electrons. The molecule has 1 aliphatic carbocycles. The van der Waals surface area contributed by atoms with Crippen LogP contribution >= 0.6 is 35.1 Å². The van der Waals surface area contributed by atoms with Gasteiger partial charge in [0.15, 0.2) is 4.34 Å². The molecule has 2 aliphatic heterocycles. The van der Waals surface area contributed by atoms with Crippen LogP contribution in [0.25, 0.3) is 0 Å². The molecule has 2 fully saturated rings. The van der Waals surface area contributed by atoms with Crippen molar-refractivity contribution >= 4 is 70.5 Å². The number of amides is 4. The van der Waals surface area contributed by atoms with E-state index in [4.69, 9.17) is 5.73 Å². The number of aliphatic carboxylic acids is 1. The second-order valence-corrected chi connectivity index (χ2v) is 14.4. The van der Waals surface area contributed by atoms with Crippen LogP contribution in [0.5, 0.6) is 5.75 Å². The van der Waals surface area contributed by atoms with Gasteiger partial charge in [-0.1, -0.05) is 43.2 Å². The third kappa shape index (κ3) is 6.83. The molecule has 0 spiro atoms. The SMILES string of the molecule is NC(=O)N(c1cnc(NC2CCCCC2)[nH]c1=O)C(C(=O)NC1C(=O)N2C(C(=O)O)=C(CSc3ncns3)CS[C@H]12)c1ccc(O)cc1. The molecule has 1 aromatic carbocycles. The molecular formula is C29H31N9O7S3. The van der Waals surface area contributed by atoms with Gasteiger partial charge in [-0.2, -0.15) is 4.37 Å². The minimum Gasteiger partial charge on any atom is -0.508 e. The number of hydrogen-bond donors (Lipinski definition) is 6. The first-order chi connectivity index (χ1) is 23.1. The fourth-order valence-electron chi connectivity index (χ4n) is 5.93. The van der Waals surface area contributed by atoms with Crippen LogP contribution in [-0.4, -0.2) is 87.2 Å². The topological polar surface area (TPSA) is 237 Å². The molecule has 2 aromatic heterocycles. The number of hydrogen-bond acceptors (Lipinski definition) is 13. The van der Waals surface area contributed by atoms with Gasteiger partial charge in [-0.25, -0.2) is 19.6 Å². The largest absolute Gasteiger partial charge is 0.508 e. The fourth-order valence-corrected chi connectivity index (χ4v) is 8.86. The monoisotopic (exact) mass is 713 g/mol. The molecular weight excluding hydrogens is 683 g/mol. The van der Waals surface area contributed by atoms with Crippen LogP contribution in [0.15, 0.2) is 57.2 Å². The molecule has 3 aromatic rings. The van der Waals surface area contributed by atoms with E-state index < -0.39 is 46.8 Å². The maximum atomic E-state index is 14.0. The predicted octanol–water partition coefficient (Wildman–Crippen LogP) is 2.23. The summed E-state index contributed by atoms with van der Waals surface area (Å²) < 4.78 is 4.59. The molecule has 2 unspecified atom stereocenters. The number of phenolic OH excluding ortho intramolecular Hbond substituents is 1. The zero-order chi connectivity index (χ0) is 33.9. The van der Waals surface area contributed by atoms with Gasteiger partial charge in [0.05, 0.1) is 6.20 Å². The fraction of sp³-hybridized carbons (Fsp3) is 0.379.